The number of H-pyrrole nitrogens is 1. The standard InChI is InChI=1S/C11H11ClN4O/c1-7-4-8(2-3-9(7)12)11(17)13-5-10-14-6-15-16-10/h2-4,6H,5H2,1H3,(H,13,17)(H,14,15,16). The second kappa shape index (κ2) is 4.97. The first kappa shape index (κ1) is 11.6. The Kier molecular flexibility index (Phi) is 3.39. The van der Waals surface area contributed by atoms with Gasteiger partial charge in [-0.2, -0.15) is 5.10 Å². The minimum Gasteiger partial charge on any atom is -0.345 e. The van der Waals surface area contributed by atoms with Crippen LogP contribution in [0.2, 0.25) is 5.02 Å². The summed E-state index contributed by atoms with van der Waals surface area (Å²) in [6, 6.07) is 5.14. The number of hydrogen-bond donors (Lipinski definition) is 2. The predicted octanol–water partition coefficient (Wildman–Crippen LogP) is 1.70. The molecule has 1 heterocycles. The lowest BCUT2D eigenvalue weighted by atomic mass is 10.1. The van der Waals surface area contributed by atoms with Gasteiger partial charge in [-0.1, -0.05) is 11.6 Å². The van der Waals surface area contributed by atoms with Crippen molar-refractivity contribution in [3.8, 4) is 0 Å². The summed E-state index contributed by atoms with van der Waals surface area (Å²) in [4.78, 5) is 15.7. The SMILES string of the molecule is Cc1cc(C(=O)NCc2ncn[nH]2)ccc1Cl. The number of rotatable bonds is 3. The van der Waals surface area contributed by atoms with Crippen molar-refractivity contribution in [2.75, 3.05) is 0 Å². The van der Waals surface area contributed by atoms with E-state index in [1.807, 2.05) is 6.92 Å². The van der Waals surface area contributed by atoms with Crippen LogP contribution >= 0.6 is 11.6 Å². The third-order valence-electron chi connectivity index (χ3n) is 2.30. The Bertz CT molecular complexity index is 524. The van der Waals surface area contributed by atoms with Gasteiger partial charge in [0.05, 0.1) is 6.54 Å². The van der Waals surface area contributed by atoms with Crippen LogP contribution in [0.25, 0.3) is 0 Å². The molecule has 0 aliphatic rings. The first-order chi connectivity index (χ1) is 8.16. The lowest BCUT2D eigenvalue weighted by Crippen LogP contribution is -2.23. The molecule has 0 spiro atoms. The fourth-order valence-corrected chi connectivity index (χ4v) is 1.49. The molecule has 0 radical (unpaired) electrons. The number of aryl methyl sites for hydroxylation is 1. The van der Waals surface area contributed by atoms with Gasteiger partial charge in [0.1, 0.15) is 12.2 Å². The highest BCUT2D eigenvalue weighted by Gasteiger charge is 2.07. The van der Waals surface area contributed by atoms with Crippen molar-refractivity contribution in [2.45, 2.75) is 13.5 Å². The number of nitrogens with zero attached hydrogens (tertiary/aromatic N) is 2. The maximum Gasteiger partial charge on any atom is 0.251 e. The van der Waals surface area contributed by atoms with Gasteiger partial charge in [0.25, 0.3) is 5.91 Å². The van der Waals surface area contributed by atoms with Gasteiger partial charge in [0.2, 0.25) is 0 Å². The molecule has 0 aliphatic heterocycles. The number of aromatic amines is 1. The topological polar surface area (TPSA) is 70.7 Å². The van der Waals surface area contributed by atoms with Crippen molar-refractivity contribution >= 4 is 17.5 Å². The summed E-state index contributed by atoms with van der Waals surface area (Å²) in [7, 11) is 0. The number of nitrogens with one attached hydrogen (secondary N) is 2. The molecule has 2 N–H and O–H groups in total. The van der Waals surface area contributed by atoms with E-state index in [9.17, 15) is 4.79 Å². The molecule has 17 heavy (non-hydrogen) atoms. The highest BCUT2D eigenvalue weighted by Crippen LogP contribution is 2.16. The lowest BCUT2D eigenvalue weighted by Gasteiger charge is -2.05. The normalized spacial score (nSPS) is 10.2. The fraction of sp³-hybridized carbons (Fsp3) is 0.182. The number of carbonyl (C=O) groups excluding carboxylic acids is 1. The van der Waals surface area contributed by atoms with E-state index in [-0.39, 0.29) is 5.91 Å². The molecule has 88 valence electrons. The van der Waals surface area contributed by atoms with E-state index in [0.717, 1.165) is 5.56 Å². The van der Waals surface area contributed by atoms with Crippen LogP contribution in [-0.4, -0.2) is 21.1 Å². The highest BCUT2D eigenvalue weighted by atomic mass is 35.5. The first-order valence-electron chi connectivity index (χ1n) is 5.05. The monoisotopic (exact) mass is 250 g/mol. The molecule has 2 aromatic rings. The van der Waals surface area contributed by atoms with Gasteiger partial charge in [0.15, 0.2) is 0 Å². The quantitative estimate of drug-likeness (QED) is 0.871. The van der Waals surface area contributed by atoms with Crippen molar-refractivity contribution in [3.63, 3.8) is 0 Å². The van der Waals surface area contributed by atoms with Crippen LogP contribution in [-0.2, 0) is 6.54 Å². The number of hydrogen-bond acceptors (Lipinski definition) is 3. The molecule has 0 unspecified atom stereocenters. The minimum atomic E-state index is -0.166. The maximum absolute atomic E-state index is 11.8. The van der Waals surface area contributed by atoms with Crippen molar-refractivity contribution < 1.29 is 4.79 Å². The average Bonchev–Trinajstić information content (AvgIpc) is 2.82. The van der Waals surface area contributed by atoms with Gasteiger partial charge in [-0.25, -0.2) is 4.98 Å². The Labute approximate surface area is 103 Å². The summed E-state index contributed by atoms with van der Waals surface area (Å²) < 4.78 is 0. The van der Waals surface area contributed by atoms with E-state index in [1.54, 1.807) is 18.2 Å². The van der Waals surface area contributed by atoms with E-state index >= 15 is 0 Å². The van der Waals surface area contributed by atoms with E-state index in [1.165, 1.54) is 6.33 Å². The summed E-state index contributed by atoms with van der Waals surface area (Å²) in [6.45, 7) is 2.18. The van der Waals surface area contributed by atoms with E-state index < -0.39 is 0 Å². The van der Waals surface area contributed by atoms with Gasteiger partial charge in [-0.05, 0) is 30.7 Å². The third-order valence-corrected chi connectivity index (χ3v) is 2.73. The van der Waals surface area contributed by atoms with Crippen molar-refractivity contribution in [1.29, 1.82) is 0 Å². The Hall–Kier alpha value is -1.88. The molecule has 5 nitrogen and oxygen atoms in total. The molecule has 0 fully saturated rings. The van der Waals surface area contributed by atoms with E-state index in [2.05, 4.69) is 20.5 Å². The second-order valence-electron chi connectivity index (χ2n) is 3.58. The van der Waals surface area contributed by atoms with Gasteiger partial charge < -0.3 is 5.32 Å². The molecule has 6 heteroatoms. The number of halogens is 1. The Morgan fingerprint density at radius 1 is 1.53 bits per heavy atom. The first-order valence-corrected chi connectivity index (χ1v) is 5.43. The molecule has 0 saturated heterocycles. The molecule has 1 amide bonds. The Balaban J connectivity index is 2.02. The summed E-state index contributed by atoms with van der Waals surface area (Å²) >= 11 is 5.89. The molecular formula is C11H11ClN4O. The third kappa shape index (κ3) is 2.82. The van der Waals surface area contributed by atoms with Crippen molar-refractivity contribution in [1.82, 2.24) is 20.5 Å². The highest BCUT2D eigenvalue weighted by molar-refractivity contribution is 6.31. The maximum atomic E-state index is 11.8. The van der Waals surface area contributed by atoms with Crippen LogP contribution in [0.3, 0.4) is 0 Å². The van der Waals surface area contributed by atoms with Crippen molar-refractivity contribution in [3.05, 3.63) is 46.5 Å². The summed E-state index contributed by atoms with van der Waals surface area (Å²) in [6.07, 6.45) is 1.40. The number of amides is 1. The molecule has 0 bridgehead atoms. The molecule has 0 saturated carbocycles. The summed E-state index contributed by atoms with van der Waals surface area (Å²) in [5.74, 6) is 0.449. The number of benzene rings is 1. The van der Waals surface area contributed by atoms with Crippen molar-refractivity contribution in [2.24, 2.45) is 0 Å². The molecular weight excluding hydrogens is 240 g/mol. The Morgan fingerprint density at radius 2 is 2.35 bits per heavy atom. The molecule has 2 rings (SSSR count). The van der Waals surface area contributed by atoms with Crippen LogP contribution in [0, 0.1) is 6.92 Å². The van der Waals surface area contributed by atoms with Gasteiger partial charge in [0, 0.05) is 10.6 Å². The summed E-state index contributed by atoms with van der Waals surface area (Å²) in [5.41, 5.74) is 1.45. The second-order valence-corrected chi connectivity index (χ2v) is 3.99. The van der Waals surface area contributed by atoms with Crippen LogP contribution in [0.1, 0.15) is 21.7 Å². The van der Waals surface area contributed by atoms with Crippen LogP contribution < -0.4 is 5.32 Å². The number of aromatic nitrogens is 3. The van der Waals surface area contributed by atoms with Gasteiger partial charge >= 0.3 is 0 Å². The molecule has 0 aliphatic carbocycles. The van der Waals surface area contributed by atoms with E-state index in [4.69, 9.17) is 11.6 Å². The van der Waals surface area contributed by atoms with Gasteiger partial charge in [-0.15, -0.1) is 0 Å². The zero-order chi connectivity index (χ0) is 12.3. The molecule has 1 aromatic carbocycles. The zero-order valence-corrected chi connectivity index (χ0v) is 9.95. The number of carbonyl (C=O) groups is 1. The lowest BCUT2D eigenvalue weighted by molar-refractivity contribution is 0.0950. The van der Waals surface area contributed by atoms with Crippen LogP contribution in [0.5, 0.6) is 0 Å². The Morgan fingerprint density at radius 3 is 3.00 bits per heavy atom. The molecule has 1 aromatic heterocycles. The smallest absolute Gasteiger partial charge is 0.251 e. The van der Waals surface area contributed by atoms with E-state index in [0.29, 0.717) is 23.0 Å². The minimum absolute atomic E-state index is 0.166. The summed E-state index contributed by atoms with van der Waals surface area (Å²) in [5, 5.41) is 9.74. The fourth-order valence-electron chi connectivity index (χ4n) is 1.37. The largest absolute Gasteiger partial charge is 0.345 e. The van der Waals surface area contributed by atoms with Crippen LogP contribution in [0.4, 0.5) is 0 Å². The predicted molar refractivity (Wildman–Crippen MR) is 63.7 cm³/mol. The van der Waals surface area contributed by atoms with Crippen LogP contribution in [0.15, 0.2) is 24.5 Å². The molecule has 0 atom stereocenters. The average molecular weight is 251 g/mol. The zero-order valence-electron chi connectivity index (χ0n) is 9.20. The van der Waals surface area contributed by atoms with Gasteiger partial charge in [-0.3, -0.25) is 9.89 Å².